The summed E-state index contributed by atoms with van der Waals surface area (Å²) in [5.41, 5.74) is 1.94. The summed E-state index contributed by atoms with van der Waals surface area (Å²) in [5.74, 6) is 0.0278. The van der Waals surface area contributed by atoms with E-state index in [0.29, 0.717) is 29.8 Å². The Bertz CT molecular complexity index is 407. The summed E-state index contributed by atoms with van der Waals surface area (Å²) < 4.78 is 4.71. The standard InChI is InChI=1S/C13H17NO3/c1-5-6-7-14(13(16)17-4)10-8-11(15)12(10)9(2)3/h5H,1-2,6-8H2,3-4H3. The van der Waals surface area contributed by atoms with Gasteiger partial charge in [0.15, 0.2) is 5.78 Å². The number of carbonyl (C=O) groups is 2. The summed E-state index contributed by atoms with van der Waals surface area (Å²) in [6.45, 7) is 9.59. The van der Waals surface area contributed by atoms with Crippen molar-refractivity contribution in [2.75, 3.05) is 13.7 Å². The predicted octanol–water partition coefficient (Wildman–Crippen LogP) is 2.43. The fourth-order valence-corrected chi connectivity index (χ4v) is 1.76. The molecule has 0 bridgehead atoms. The van der Waals surface area contributed by atoms with E-state index in [1.165, 1.54) is 12.0 Å². The number of ketones is 1. The van der Waals surface area contributed by atoms with Gasteiger partial charge in [0.25, 0.3) is 0 Å². The summed E-state index contributed by atoms with van der Waals surface area (Å²) in [4.78, 5) is 24.6. The van der Waals surface area contributed by atoms with Crippen LogP contribution in [0.25, 0.3) is 0 Å². The Morgan fingerprint density at radius 2 is 2.24 bits per heavy atom. The van der Waals surface area contributed by atoms with Gasteiger partial charge in [-0.25, -0.2) is 4.79 Å². The van der Waals surface area contributed by atoms with Gasteiger partial charge < -0.3 is 4.74 Å². The van der Waals surface area contributed by atoms with E-state index in [2.05, 4.69) is 13.2 Å². The average molecular weight is 235 g/mol. The van der Waals surface area contributed by atoms with Crippen molar-refractivity contribution in [3.63, 3.8) is 0 Å². The van der Waals surface area contributed by atoms with Gasteiger partial charge in [0, 0.05) is 17.8 Å². The van der Waals surface area contributed by atoms with E-state index in [1.807, 2.05) is 0 Å². The largest absolute Gasteiger partial charge is 0.452 e. The third-order valence-electron chi connectivity index (χ3n) is 2.60. The molecule has 4 heteroatoms. The fourth-order valence-electron chi connectivity index (χ4n) is 1.76. The highest BCUT2D eigenvalue weighted by Crippen LogP contribution is 2.32. The van der Waals surface area contributed by atoms with Crippen LogP contribution in [0.1, 0.15) is 19.8 Å². The molecule has 0 unspecified atom stereocenters. The number of hydrogen-bond acceptors (Lipinski definition) is 3. The van der Waals surface area contributed by atoms with Crippen LogP contribution in [0, 0.1) is 0 Å². The Balaban J connectivity index is 2.98. The van der Waals surface area contributed by atoms with E-state index in [-0.39, 0.29) is 12.2 Å². The zero-order valence-electron chi connectivity index (χ0n) is 10.3. The van der Waals surface area contributed by atoms with Gasteiger partial charge in [0.1, 0.15) is 0 Å². The third kappa shape index (κ3) is 2.64. The maximum absolute atomic E-state index is 11.6. The normalized spacial score (nSPS) is 14.1. The minimum Gasteiger partial charge on any atom is -0.452 e. The molecule has 0 saturated heterocycles. The van der Waals surface area contributed by atoms with Crippen LogP contribution >= 0.6 is 0 Å². The Hall–Kier alpha value is -1.84. The molecular weight excluding hydrogens is 218 g/mol. The number of hydrogen-bond donors (Lipinski definition) is 0. The van der Waals surface area contributed by atoms with Gasteiger partial charge in [-0.3, -0.25) is 9.69 Å². The minimum atomic E-state index is -0.451. The number of nitrogens with zero attached hydrogens (tertiary/aromatic N) is 1. The zero-order valence-corrected chi connectivity index (χ0v) is 10.3. The van der Waals surface area contributed by atoms with Crippen LogP contribution in [-0.4, -0.2) is 30.4 Å². The second-order valence-electron chi connectivity index (χ2n) is 3.90. The molecule has 0 aromatic heterocycles. The second-order valence-corrected chi connectivity index (χ2v) is 3.90. The lowest BCUT2D eigenvalue weighted by atomic mass is 9.87. The quantitative estimate of drug-likeness (QED) is 0.687. The smallest absolute Gasteiger partial charge is 0.413 e. The number of methoxy groups -OCH3 is 1. The highest BCUT2D eigenvalue weighted by atomic mass is 16.5. The van der Waals surface area contributed by atoms with Gasteiger partial charge >= 0.3 is 6.09 Å². The average Bonchev–Trinajstić information content (AvgIpc) is 2.26. The topological polar surface area (TPSA) is 46.6 Å². The van der Waals surface area contributed by atoms with E-state index < -0.39 is 6.09 Å². The van der Waals surface area contributed by atoms with Gasteiger partial charge in [-0.1, -0.05) is 12.7 Å². The van der Waals surface area contributed by atoms with E-state index in [9.17, 15) is 9.59 Å². The van der Waals surface area contributed by atoms with Gasteiger partial charge in [0.05, 0.1) is 13.5 Å². The molecule has 1 amide bonds. The first-order valence-electron chi connectivity index (χ1n) is 5.41. The molecule has 0 radical (unpaired) electrons. The van der Waals surface area contributed by atoms with Gasteiger partial charge in [0.2, 0.25) is 0 Å². The van der Waals surface area contributed by atoms with E-state index in [4.69, 9.17) is 4.74 Å². The van der Waals surface area contributed by atoms with Crippen molar-refractivity contribution in [3.05, 3.63) is 36.1 Å². The molecule has 1 aliphatic carbocycles. The van der Waals surface area contributed by atoms with Crippen molar-refractivity contribution in [1.82, 2.24) is 4.90 Å². The molecule has 0 saturated carbocycles. The van der Waals surface area contributed by atoms with E-state index in [0.717, 1.165) is 0 Å². The van der Waals surface area contributed by atoms with Crippen LogP contribution in [-0.2, 0) is 9.53 Å². The molecule has 0 heterocycles. The molecule has 0 N–H and O–H groups in total. The SMILES string of the molecule is C=CCCN(C(=O)OC)C1=C(C(=C)C)C(=O)C1. The fraction of sp³-hybridized carbons (Fsp3) is 0.385. The first-order chi connectivity index (χ1) is 8.02. The number of amides is 1. The van der Waals surface area contributed by atoms with Crippen molar-refractivity contribution < 1.29 is 14.3 Å². The van der Waals surface area contributed by atoms with E-state index >= 15 is 0 Å². The van der Waals surface area contributed by atoms with Crippen molar-refractivity contribution >= 4 is 11.9 Å². The number of ether oxygens (including phenoxy) is 1. The first kappa shape index (κ1) is 13.2. The number of allylic oxidation sites excluding steroid dienone is 3. The zero-order chi connectivity index (χ0) is 13.0. The summed E-state index contributed by atoms with van der Waals surface area (Å²) in [6.07, 6.45) is 2.19. The molecule has 4 nitrogen and oxygen atoms in total. The minimum absolute atomic E-state index is 0.0278. The summed E-state index contributed by atoms with van der Waals surface area (Å²) in [7, 11) is 1.32. The molecule has 92 valence electrons. The molecule has 0 spiro atoms. The molecule has 0 atom stereocenters. The molecular formula is C13H17NO3. The summed E-state index contributed by atoms with van der Waals surface area (Å²) in [6, 6.07) is 0. The van der Waals surface area contributed by atoms with Crippen LogP contribution in [0.15, 0.2) is 36.1 Å². The number of Topliss-reactive ketones (excluding diaryl/α,β-unsaturated/α-hetero) is 1. The van der Waals surface area contributed by atoms with Gasteiger partial charge in [-0.2, -0.15) is 0 Å². The van der Waals surface area contributed by atoms with Crippen molar-refractivity contribution in [3.8, 4) is 0 Å². The van der Waals surface area contributed by atoms with Gasteiger partial charge in [-0.05, 0) is 18.9 Å². The van der Waals surface area contributed by atoms with Gasteiger partial charge in [-0.15, -0.1) is 6.58 Å². The maximum atomic E-state index is 11.6. The molecule has 1 rings (SSSR count). The molecule has 0 aromatic rings. The molecule has 17 heavy (non-hydrogen) atoms. The highest BCUT2D eigenvalue weighted by molar-refractivity contribution is 6.08. The van der Waals surface area contributed by atoms with Crippen LogP contribution in [0.4, 0.5) is 4.79 Å². The lowest BCUT2D eigenvalue weighted by Crippen LogP contribution is -2.38. The molecule has 0 aliphatic heterocycles. The summed E-state index contributed by atoms with van der Waals surface area (Å²) in [5, 5.41) is 0. The summed E-state index contributed by atoms with van der Waals surface area (Å²) >= 11 is 0. The lowest BCUT2D eigenvalue weighted by Gasteiger charge is -2.31. The second kappa shape index (κ2) is 5.48. The van der Waals surface area contributed by atoms with Crippen LogP contribution in [0.5, 0.6) is 0 Å². The Kier molecular flexibility index (Phi) is 4.26. The van der Waals surface area contributed by atoms with Crippen molar-refractivity contribution in [1.29, 1.82) is 0 Å². The first-order valence-corrected chi connectivity index (χ1v) is 5.41. The Morgan fingerprint density at radius 3 is 2.65 bits per heavy atom. The Morgan fingerprint density at radius 1 is 1.59 bits per heavy atom. The number of rotatable bonds is 5. The van der Waals surface area contributed by atoms with Crippen molar-refractivity contribution in [2.45, 2.75) is 19.8 Å². The van der Waals surface area contributed by atoms with E-state index in [1.54, 1.807) is 13.0 Å². The van der Waals surface area contributed by atoms with Crippen LogP contribution < -0.4 is 0 Å². The monoisotopic (exact) mass is 235 g/mol. The lowest BCUT2D eigenvalue weighted by molar-refractivity contribution is -0.116. The molecule has 1 aliphatic rings. The molecule has 0 fully saturated rings. The molecule has 0 aromatic carbocycles. The van der Waals surface area contributed by atoms with Crippen LogP contribution in [0.3, 0.4) is 0 Å². The van der Waals surface area contributed by atoms with Crippen molar-refractivity contribution in [2.24, 2.45) is 0 Å². The predicted molar refractivity (Wildman–Crippen MR) is 65.4 cm³/mol. The Labute approximate surface area is 101 Å². The maximum Gasteiger partial charge on any atom is 0.413 e. The highest BCUT2D eigenvalue weighted by Gasteiger charge is 2.34. The van der Waals surface area contributed by atoms with Crippen LogP contribution in [0.2, 0.25) is 0 Å². The third-order valence-corrected chi connectivity index (χ3v) is 2.60. The number of carbonyl (C=O) groups excluding carboxylic acids is 2.